The molecule has 0 fully saturated rings. The van der Waals surface area contributed by atoms with Crippen LogP contribution in [-0.4, -0.2) is 31.1 Å². The number of halogens is 1. The first-order chi connectivity index (χ1) is 12.1. The number of rotatable bonds is 5. The van der Waals surface area contributed by atoms with Crippen molar-refractivity contribution in [3.8, 4) is 11.5 Å². The molecule has 3 rings (SSSR count). The van der Waals surface area contributed by atoms with Crippen LogP contribution in [0.4, 0.5) is 0 Å². The minimum atomic E-state index is -0.193. The summed E-state index contributed by atoms with van der Waals surface area (Å²) in [5.74, 6) is 1.51. The smallest absolute Gasteiger partial charge is 0.229 e. The topological polar surface area (TPSA) is 38.8 Å². The minimum absolute atomic E-state index is 0.0934. The molecule has 1 amide bonds. The van der Waals surface area contributed by atoms with E-state index in [0.717, 1.165) is 22.6 Å². The summed E-state index contributed by atoms with van der Waals surface area (Å²) < 4.78 is 11.1. The molecule has 132 valence electrons. The monoisotopic (exact) mass is 359 g/mol. The molecule has 1 heterocycles. The van der Waals surface area contributed by atoms with E-state index in [1.807, 2.05) is 54.3 Å². The SMILES string of the molecule is CCN(Cc1ccccc1Cl)C(=O)C1COc2ccc(OC)cc2C1. The Morgan fingerprint density at radius 3 is 2.84 bits per heavy atom. The van der Waals surface area contributed by atoms with E-state index in [1.165, 1.54) is 0 Å². The van der Waals surface area contributed by atoms with E-state index in [2.05, 4.69) is 0 Å². The molecule has 0 saturated carbocycles. The van der Waals surface area contributed by atoms with Gasteiger partial charge in [-0.05, 0) is 48.7 Å². The quantitative estimate of drug-likeness (QED) is 0.811. The van der Waals surface area contributed by atoms with Crippen LogP contribution in [0.2, 0.25) is 5.02 Å². The van der Waals surface area contributed by atoms with Gasteiger partial charge in [-0.1, -0.05) is 29.8 Å². The predicted octanol–water partition coefficient (Wildman–Crippen LogP) is 3.95. The molecule has 2 aromatic carbocycles. The Bertz CT molecular complexity index is 762. The van der Waals surface area contributed by atoms with E-state index in [9.17, 15) is 4.79 Å². The van der Waals surface area contributed by atoms with Crippen molar-refractivity contribution in [2.75, 3.05) is 20.3 Å². The molecule has 25 heavy (non-hydrogen) atoms. The van der Waals surface area contributed by atoms with Crippen LogP contribution in [0.15, 0.2) is 42.5 Å². The number of carbonyl (C=O) groups excluding carboxylic acids is 1. The van der Waals surface area contributed by atoms with Crippen LogP contribution in [0.1, 0.15) is 18.1 Å². The van der Waals surface area contributed by atoms with Gasteiger partial charge in [-0.15, -0.1) is 0 Å². The standard InChI is InChI=1S/C20H22ClNO3/c1-3-22(12-14-6-4-5-7-18(14)21)20(23)16-10-15-11-17(24-2)8-9-19(15)25-13-16/h4-9,11,16H,3,10,12-13H2,1-2H3. The fourth-order valence-electron chi connectivity index (χ4n) is 3.09. The molecule has 1 aliphatic rings. The third-order valence-electron chi connectivity index (χ3n) is 4.54. The van der Waals surface area contributed by atoms with Gasteiger partial charge < -0.3 is 14.4 Å². The highest BCUT2D eigenvalue weighted by molar-refractivity contribution is 6.31. The van der Waals surface area contributed by atoms with Gasteiger partial charge in [0, 0.05) is 18.1 Å². The highest BCUT2D eigenvalue weighted by Gasteiger charge is 2.29. The van der Waals surface area contributed by atoms with Crippen molar-refractivity contribution in [2.24, 2.45) is 5.92 Å². The van der Waals surface area contributed by atoms with Crippen LogP contribution in [-0.2, 0) is 17.8 Å². The number of amides is 1. The average molecular weight is 360 g/mol. The van der Waals surface area contributed by atoms with Crippen LogP contribution < -0.4 is 9.47 Å². The Balaban J connectivity index is 1.74. The first-order valence-corrected chi connectivity index (χ1v) is 8.82. The van der Waals surface area contributed by atoms with Crippen molar-refractivity contribution < 1.29 is 14.3 Å². The second-order valence-corrected chi connectivity index (χ2v) is 6.54. The summed E-state index contributed by atoms with van der Waals surface area (Å²) in [7, 11) is 1.64. The van der Waals surface area contributed by atoms with E-state index < -0.39 is 0 Å². The second kappa shape index (κ2) is 7.79. The second-order valence-electron chi connectivity index (χ2n) is 6.13. The number of ether oxygens (including phenoxy) is 2. The number of nitrogens with zero attached hydrogens (tertiary/aromatic N) is 1. The Kier molecular flexibility index (Phi) is 5.49. The molecule has 0 radical (unpaired) electrons. The van der Waals surface area contributed by atoms with E-state index in [-0.39, 0.29) is 11.8 Å². The zero-order valence-electron chi connectivity index (χ0n) is 14.5. The van der Waals surface area contributed by atoms with Crippen LogP contribution in [0, 0.1) is 5.92 Å². The van der Waals surface area contributed by atoms with Gasteiger partial charge in [-0.3, -0.25) is 4.79 Å². The van der Waals surface area contributed by atoms with Crippen molar-refractivity contribution in [1.82, 2.24) is 4.90 Å². The first kappa shape index (κ1) is 17.6. The maximum absolute atomic E-state index is 13.0. The van der Waals surface area contributed by atoms with Crippen molar-refractivity contribution in [3.63, 3.8) is 0 Å². The Hall–Kier alpha value is -2.20. The lowest BCUT2D eigenvalue weighted by molar-refractivity contribution is -0.137. The van der Waals surface area contributed by atoms with Gasteiger partial charge >= 0.3 is 0 Å². The molecule has 1 unspecified atom stereocenters. The molecule has 0 bridgehead atoms. The van der Waals surface area contributed by atoms with Crippen LogP contribution >= 0.6 is 11.6 Å². The molecular formula is C20H22ClNO3. The highest BCUT2D eigenvalue weighted by atomic mass is 35.5. The number of fused-ring (bicyclic) bond motifs is 1. The zero-order valence-corrected chi connectivity index (χ0v) is 15.3. The molecule has 1 aliphatic heterocycles. The maximum Gasteiger partial charge on any atom is 0.229 e. The third-order valence-corrected chi connectivity index (χ3v) is 4.90. The fraction of sp³-hybridized carbons (Fsp3) is 0.350. The molecule has 5 heteroatoms. The first-order valence-electron chi connectivity index (χ1n) is 8.44. The lowest BCUT2D eigenvalue weighted by Gasteiger charge is -2.30. The van der Waals surface area contributed by atoms with Crippen LogP contribution in [0.3, 0.4) is 0 Å². The molecule has 0 aliphatic carbocycles. The predicted molar refractivity (Wildman–Crippen MR) is 98.2 cm³/mol. The van der Waals surface area contributed by atoms with Gasteiger partial charge in [0.15, 0.2) is 0 Å². The molecule has 1 atom stereocenters. The number of benzene rings is 2. The van der Waals surface area contributed by atoms with E-state index in [0.29, 0.717) is 31.1 Å². The maximum atomic E-state index is 13.0. The Morgan fingerprint density at radius 2 is 2.12 bits per heavy atom. The number of hydrogen-bond acceptors (Lipinski definition) is 3. The molecule has 0 spiro atoms. The molecule has 2 aromatic rings. The fourth-order valence-corrected chi connectivity index (χ4v) is 3.29. The van der Waals surface area contributed by atoms with Gasteiger partial charge in [-0.25, -0.2) is 0 Å². The molecule has 0 N–H and O–H groups in total. The molecule has 0 aromatic heterocycles. The number of methoxy groups -OCH3 is 1. The van der Waals surface area contributed by atoms with Gasteiger partial charge in [0.1, 0.15) is 18.1 Å². The van der Waals surface area contributed by atoms with E-state index in [4.69, 9.17) is 21.1 Å². The third kappa shape index (κ3) is 3.90. The summed E-state index contributed by atoms with van der Waals surface area (Å²) in [4.78, 5) is 14.8. The number of carbonyl (C=O) groups is 1. The lowest BCUT2D eigenvalue weighted by atomic mass is 9.95. The summed E-state index contributed by atoms with van der Waals surface area (Å²) in [6, 6.07) is 13.3. The van der Waals surface area contributed by atoms with Crippen molar-refractivity contribution in [2.45, 2.75) is 19.9 Å². The Morgan fingerprint density at radius 1 is 1.32 bits per heavy atom. The average Bonchev–Trinajstić information content (AvgIpc) is 2.66. The van der Waals surface area contributed by atoms with Gasteiger partial charge in [0.05, 0.1) is 13.0 Å². The highest BCUT2D eigenvalue weighted by Crippen LogP contribution is 2.31. The summed E-state index contributed by atoms with van der Waals surface area (Å²) in [5.41, 5.74) is 1.97. The van der Waals surface area contributed by atoms with Gasteiger partial charge in [0.25, 0.3) is 0 Å². The summed E-state index contributed by atoms with van der Waals surface area (Å²) in [6.45, 7) is 3.52. The van der Waals surface area contributed by atoms with Crippen molar-refractivity contribution >= 4 is 17.5 Å². The largest absolute Gasteiger partial charge is 0.497 e. The van der Waals surface area contributed by atoms with Gasteiger partial charge in [0.2, 0.25) is 5.91 Å². The normalized spacial score (nSPS) is 15.9. The number of hydrogen-bond donors (Lipinski definition) is 0. The Labute approximate surface area is 153 Å². The van der Waals surface area contributed by atoms with Crippen LogP contribution in [0.25, 0.3) is 0 Å². The van der Waals surface area contributed by atoms with E-state index >= 15 is 0 Å². The molecular weight excluding hydrogens is 338 g/mol. The van der Waals surface area contributed by atoms with Crippen molar-refractivity contribution in [3.05, 3.63) is 58.6 Å². The minimum Gasteiger partial charge on any atom is -0.497 e. The molecule has 0 saturated heterocycles. The summed E-state index contributed by atoms with van der Waals surface area (Å²) in [6.07, 6.45) is 0.657. The molecule has 4 nitrogen and oxygen atoms in total. The zero-order chi connectivity index (χ0) is 17.8. The summed E-state index contributed by atoms with van der Waals surface area (Å²) in [5, 5.41) is 0.684. The van der Waals surface area contributed by atoms with Gasteiger partial charge in [-0.2, -0.15) is 0 Å². The van der Waals surface area contributed by atoms with Crippen molar-refractivity contribution in [1.29, 1.82) is 0 Å². The summed E-state index contributed by atoms with van der Waals surface area (Å²) >= 11 is 6.24. The lowest BCUT2D eigenvalue weighted by Crippen LogP contribution is -2.40. The van der Waals surface area contributed by atoms with E-state index in [1.54, 1.807) is 7.11 Å². The van der Waals surface area contributed by atoms with Crippen LogP contribution in [0.5, 0.6) is 11.5 Å².